The van der Waals surface area contributed by atoms with Crippen LogP contribution >= 0.6 is 0 Å². The fourth-order valence-electron chi connectivity index (χ4n) is 2.06. The predicted molar refractivity (Wildman–Crippen MR) is 81.4 cm³/mol. The van der Waals surface area contributed by atoms with Crippen LogP contribution in [0.5, 0.6) is 0 Å². The Morgan fingerprint density at radius 3 is 2.50 bits per heavy atom. The molecule has 1 N–H and O–H groups in total. The number of carbonyl (C=O) groups excluding carboxylic acids is 1. The standard InChI is InChI=1S/C14H26N6O2/c1-13(2,3)20-17-11(16-18-20)10-9-19(8-7-15-10)12(21)22-14(4,5)6/h10,15H,7-9H2,1-6H3. The van der Waals surface area contributed by atoms with Crippen LogP contribution in [0.4, 0.5) is 4.79 Å². The van der Waals surface area contributed by atoms with Gasteiger partial charge in [0, 0.05) is 19.6 Å². The van der Waals surface area contributed by atoms with E-state index in [1.165, 1.54) is 0 Å². The number of hydrogen-bond acceptors (Lipinski definition) is 6. The highest BCUT2D eigenvalue weighted by atomic mass is 16.6. The zero-order valence-corrected chi connectivity index (χ0v) is 14.3. The van der Waals surface area contributed by atoms with Gasteiger partial charge in [0.2, 0.25) is 0 Å². The van der Waals surface area contributed by atoms with Crippen molar-refractivity contribution in [3.8, 4) is 0 Å². The molecule has 124 valence electrons. The molecule has 2 rings (SSSR count). The van der Waals surface area contributed by atoms with Gasteiger partial charge in [0.1, 0.15) is 5.60 Å². The number of carbonyl (C=O) groups is 1. The fourth-order valence-corrected chi connectivity index (χ4v) is 2.06. The summed E-state index contributed by atoms with van der Waals surface area (Å²) >= 11 is 0. The maximum Gasteiger partial charge on any atom is 0.410 e. The van der Waals surface area contributed by atoms with Crippen molar-refractivity contribution in [2.75, 3.05) is 19.6 Å². The van der Waals surface area contributed by atoms with Gasteiger partial charge in [-0.2, -0.15) is 4.80 Å². The van der Waals surface area contributed by atoms with Crippen molar-refractivity contribution in [1.82, 2.24) is 30.4 Å². The monoisotopic (exact) mass is 310 g/mol. The van der Waals surface area contributed by atoms with Gasteiger partial charge in [0.15, 0.2) is 5.82 Å². The molecular weight excluding hydrogens is 284 g/mol. The highest BCUT2D eigenvalue weighted by molar-refractivity contribution is 5.68. The van der Waals surface area contributed by atoms with Crippen LogP contribution < -0.4 is 5.32 Å². The molecule has 1 aromatic heterocycles. The highest BCUT2D eigenvalue weighted by Crippen LogP contribution is 2.18. The smallest absolute Gasteiger partial charge is 0.410 e. The molecule has 0 bridgehead atoms. The minimum absolute atomic E-state index is 0.127. The number of nitrogens with zero attached hydrogens (tertiary/aromatic N) is 5. The van der Waals surface area contributed by atoms with E-state index in [1.54, 1.807) is 9.70 Å². The van der Waals surface area contributed by atoms with Gasteiger partial charge < -0.3 is 15.0 Å². The van der Waals surface area contributed by atoms with Crippen molar-refractivity contribution >= 4 is 6.09 Å². The molecule has 0 saturated carbocycles. The van der Waals surface area contributed by atoms with Crippen LogP contribution in [0.25, 0.3) is 0 Å². The van der Waals surface area contributed by atoms with E-state index in [9.17, 15) is 4.79 Å². The lowest BCUT2D eigenvalue weighted by Crippen LogP contribution is -2.50. The third kappa shape index (κ3) is 4.16. The molecule has 22 heavy (non-hydrogen) atoms. The van der Waals surface area contributed by atoms with Gasteiger partial charge in [-0.05, 0) is 46.8 Å². The van der Waals surface area contributed by atoms with Gasteiger partial charge in [0.05, 0.1) is 11.6 Å². The van der Waals surface area contributed by atoms with Gasteiger partial charge in [-0.25, -0.2) is 4.79 Å². The Morgan fingerprint density at radius 1 is 1.27 bits per heavy atom. The molecule has 1 atom stereocenters. The molecule has 1 aliphatic rings. The Kier molecular flexibility index (Phi) is 4.42. The lowest BCUT2D eigenvalue weighted by Gasteiger charge is -2.33. The Morgan fingerprint density at radius 2 is 1.95 bits per heavy atom. The molecule has 8 nitrogen and oxygen atoms in total. The van der Waals surface area contributed by atoms with Gasteiger partial charge in [-0.3, -0.25) is 0 Å². The van der Waals surface area contributed by atoms with E-state index in [0.717, 1.165) is 0 Å². The Hall–Kier alpha value is -1.70. The van der Waals surface area contributed by atoms with Gasteiger partial charge in [-0.15, -0.1) is 10.2 Å². The summed E-state index contributed by atoms with van der Waals surface area (Å²) in [5.41, 5.74) is -0.712. The van der Waals surface area contributed by atoms with Crippen molar-refractivity contribution in [2.24, 2.45) is 0 Å². The van der Waals surface area contributed by atoms with E-state index in [-0.39, 0.29) is 17.7 Å². The summed E-state index contributed by atoms with van der Waals surface area (Å²) in [7, 11) is 0. The molecule has 1 unspecified atom stereocenters. The maximum absolute atomic E-state index is 12.2. The van der Waals surface area contributed by atoms with E-state index >= 15 is 0 Å². The van der Waals surface area contributed by atoms with Crippen molar-refractivity contribution in [3.05, 3.63) is 5.82 Å². The molecule has 2 heterocycles. The summed E-state index contributed by atoms with van der Waals surface area (Å²) in [5, 5.41) is 16.0. The van der Waals surface area contributed by atoms with Crippen LogP contribution in [0, 0.1) is 0 Å². The van der Waals surface area contributed by atoms with E-state index < -0.39 is 5.60 Å². The second-order valence-electron chi connectivity index (χ2n) is 7.54. The second kappa shape index (κ2) is 5.83. The third-order valence-corrected chi connectivity index (χ3v) is 3.17. The van der Waals surface area contributed by atoms with Crippen LogP contribution in [0.2, 0.25) is 0 Å². The predicted octanol–water partition coefficient (Wildman–Crippen LogP) is 1.31. The number of rotatable bonds is 1. The second-order valence-corrected chi connectivity index (χ2v) is 7.54. The molecule has 8 heteroatoms. The molecule has 0 radical (unpaired) electrons. The zero-order valence-electron chi connectivity index (χ0n) is 14.3. The SMILES string of the molecule is CC(C)(C)OC(=O)N1CCNC(c2nnn(C(C)(C)C)n2)C1. The van der Waals surface area contributed by atoms with Crippen molar-refractivity contribution < 1.29 is 9.53 Å². The first-order chi connectivity index (χ1) is 10.1. The average molecular weight is 310 g/mol. The zero-order chi connectivity index (χ0) is 16.5. The molecular formula is C14H26N6O2. The molecule has 1 amide bonds. The van der Waals surface area contributed by atoms with Crippen molar-refractivity contribution in [3.63, 3.8) is 0 Å². The van der Waals surface area contributed by atoms with E-state index in [1.807, 2.05) is 41.5 Å². The first kappa shape index (κ1) is 16.7. The van der Waals surface area contributed by atoms with E-state index in [2.05, 4.69) is 20.7 Å². The quantitative estimate of drug-likeness (QED) is 0.842. The first-order valence-corrected chi connectivity index (χ1v) is 7.58. The Balaban J connectivity index is 2.04. The fraction of sp³-hybridized carbons (Fsp3) is 0.857. The largest absolute Gasteiger partial charge is 0.444 e. The maximum atomic E-state index is 12.2. The van der Waals surface area contributed by atoms with Crippen LogP contribution in [0.15, 0.2) is 0 Å². The van der Waals surface area contributed by atoms with Crippen LogP contribution in [-0.2, 0) is 10.3 Å². The van der Waals surface area contributed by atoms with Gasteiger partial charge >= 0.3 is 6.09 Å². The minimum Gasteiger partial charge on any atom is -0.444 e. The summed E-state index contributed by atoms with van der Waals surface area (Å²) in [4.78, 5) is 15.4. The lowest BCUT2D eigenvalue weighted by atomic mass is 10.1. The van der Waals surface area contributed by atoms with Crippen molar-refractivity contribution in [2.45, 2.75) is 58.7 Å². The number of ether oxygens (including phenoxy) is 1. The number of piperazine rings is 1. The lowest BCUT2D eigenvalue weighted by molar-refractivity contribution is 0.0192. The first-order valence-electron chi connectivity index (χ1n) is 7.58. The van der Waals surface area contributed by atoms with Crippen LogP contribution in [-0.4, -0.2) is 56.4 Å². The molecule has 1 aromatic rings. The Labute approximate surface area is 131 Å². The molecule has 0 aliphatic carbocycles. The summed E-state index contributed by atoms with van der Waals surface area (Å²) in [6, 6.07) is -0.127. The van der Waals surface area contributed by atoms with Crippen LogP contribution in [0.1, 0.15) is 53.4 Å². The number of tetrazole rings is 1. The summed E-state index contributed by atoms with van der Waals surface area (Å²) in [5.74, 6) is 0.600. The molecule has 0 aromatic carbocycles. The van der Waals surface area contributed by atoms with E-state index in [4.69, 9.17) is 4.74 Å². The number of aromatic nitrogens is 4. The van der Waals surface area contributed by atoms with Gasteiger partial charge in [-0.1, -0.05) is 0 Å². The number of hydrogen-bond donors (Lipinski definition) is 1. The molecule has 1 saturated heterocycles. The topological polar surface area (TPSA) is 85.2 Å². The number of nitrogens with one attached hydrogen (secondary N) is 1. The molecule has 0 spiro atoms. The summed E-state index contributed by atoms with van der Waals surface area (Å²) in [6.45, 7) is 13.4. The third-order valence-electron chi connectivity index (χ3n) is 3.17. The van der Waals surface area contributed by atoms with E-state index in [0.29, 0.717) is 25.5 Å². The summed E-state index contributed by atoms with van der Waals surface area (Å²) < 4.78 is 5.42. The molecule has 1 fully saturated rings. The highest BCUT2D eigenvalue weighted by Gasteiger charge is 2.30. The summed E-state index contributed by atoms with van der Waals surface area (Å²) in [6.07, 6.45) is -0.304. The Bertz CT molecular complexity index is 528. The minimum atomic E-state index is -0.495. The average Bonchev–Trinajstić information content (AvgIpc) is 2.86. The van der Waals surface area contributed by atoms with Crippen molar-refractivity contribution in [1.29, 1.82) is 0 Å². The van der Waals surface area contributed by atoms with Gasteiger partial charge in [0.25, 0.3) is 0 Å². The van der Waals surface area contributed by atoms with Crippen LogP contribution in [0.3, 0.4) is 0 Å². The number of amides is 1. The normalized spacial score (nSPS) is 20.1. The molecule has 1 aliphatic heterocycles.